The third kappa shape index (κ3) is 4.73. The Kier molecular flexibility index (Phi) is 5.69. The van der Waals surface area contributed by atoms with Crippen molar-refractivity contribution in [2.75, 3.05) is 0 Å². The molecule has 0 spiro atoms. The number of carboxylic acid groups (broad SMARTS) is 3. The summed E-state index contributed by atoms with van der Waals surface area (Å²) in [5.74, 6) is -3.50. The molecule has 0 radical (unpaired) electrons. The Morgan fingerprint density at radius 1 is 1.14 bits per heavy atom. The van der Waals surface area contributed by atoms with Crippen molar-refractivity contribution in [1.29, 1.82) is 0 Å². The van der Waals surface area contributed by atoms with Crippen LogP contribution in [0.5, 0.6) is 0 Å². The van der Waals surface area contributed by atoms with E-state index < -0.39 is 23.9 Å². The molecule has 1 rings (SSSR count). The van der Waals surface area contributed by atoms with Crippen LogP contribution in [0.15, 0.2) is 12.1 Å². The molecule has 1 atom stereocenters. The van der Waals surface area contributed by atoms with Gasteiger partial charge in [-0.3, -0.25) is 9.59 Å². The van der Waals surface area contributed by atoms with Crippen molar-refractivity contribution in [3.63, 3.8) is 0 Å². The predicted molar refractivity (Wildman–Crippen MR) is 73.7 cm³/mol. The number of aryl methyl sites for hydroxylation is 1. The molecule has 0 saturated carbocycles. The molecule has 0 fully saturated rings. The molecule has 0 aromatic heterocycles. The van der Waals surface area contributed by atoms with Crippen LogP contribution < -0.4 is 5.73 Å². The normalized spacial score (nSPS) is 11.9. The summed E-state index contributed by atoms with van der Waals surface area (Å²) in [5.41, 5.74) is 6.13. The lowest BCUT2D eigenvalue weighted by Gasteiger charge is -2.13. The first kappa shape index (κ1) is 16.9. The summed E-state index contributed by atoms with van der Waals surface area (Å²) < 4.78 is 0. The topological polar surface area (TPSA) is 138 Å². The lowest BCUT2D eigenvalue weighted by atomic mass is 9.95. The number of benzene rings is 1. The highest BCUT2D eigenvalue weighted by atomic mass is 35.5. The fourth-order valence-corrected chi connectivity index (χ4v) is 2.08. The maximum atomic E-state index is 11.0. The van der Waals surface area contributed by atoms with E-state index in [1.807, 2.05) is 0 Å². The van der Waals surface area contributed by atoms with Crippen LogP contribution in [-0.4, -0.2) is 39.3 Å². The Labute approximate surface area is 124 Å². The van der Waals surface area contributed by atoms with Gasteiger partial charge in [0.1, 0.15) is 6.04 Å². The Morgan fingerprint density at radius 3 is 2.24 bits per heavy atom. The number of aromatic carboxylic acids is 1. The van der Waals surface area contributed by atoms with Crippen LogP contribution in [0.4, 0.5) is 0 Å². The largest absolute Gasteiger partial charge is 0.481 e. The standard InChI is InChI=1S/C13H14ClNO6/c14-9-4-7(5-10(15)13(20)21)6(1-2-11(16)17)3-8(9)12(18)19/h3-4,10H,1-2,5,15H2,(H,16,17)(H,18,19)(H,20,21). The minimum atomic E-state index is -1.24. The quantitative estimate of drug-likeness (QED) is 0.589. The molecule has 21 heavy (non-hydrogen) atoms. The van der Waals surface area contributed by atoms with Crippen LogP contribution >= 0.6 is 11.6 Å². The second-order valence-corrected chi connectivity index (χ2v) is 4.86. The van der Waals surface area contributed by atoms with E-state index in [2.05, 4.69) is 0 Å². The van der Waals surface area contributed by atoms with Gasteiger partial charge >= 0.3 is 17.9 Å². The molecular formula is C13H14ClNO6. The highest BCUT2D eigenvalue weighted by Gasteiger charge is 2.19. The zero-order chi connectivity index (χ0) is 16.2. The number of halogens is 1. The van der Waals surface area contributed by atoms with E-state index in [1.54, 1.807) is 0 Å². The molecule has 1 aromatic rings. The van der Waals surface area contributed by atoms with E-state index >= 15 is 0 Å². The molecule has 0 aliphatic carbocycles. The summed E-state index contributed by atoms with van der Waals surface area (Å²) in [6.07, 6.45) is -0.214. The summed E-state index contributed by atoms with van der Waals surface area (Å²) in [5, 5.41) is 26.5. The molecule has 114 valence electrons. The van der Waals surface area contributed by atoms with Crippen molar-refractivity contribution in [3.8, 4) is 0 Å². The van der Waals surface area contributed by atoms with Gasteiger partial charge in [-0.1, -0.05) is 11.6 Å². The van der Waals surface area contributed by atoms with E-state index in [4.69, 9.17) is 32.7 Å². The van der Waals surface area contributed by atoms with Crippen molar-refractivity contribution in [2.24, 2.45) is 5.73 Å². The maximum Gasteiger partial charge on any atom is 0.337 e. The molecule has 0 aliphatic rings. The van der Waals surface area contributed by atoms with Crippen molar-refractivity contribution >= 4 is 29.5 Å². The van der Waals surface area contributed by atoms with E-state index in [0.717, 1.165) is 0 Å². The number of carbonyl (C=O) groups is 3. The zero-order valence-electron chi connectivity index (χ0n) is 10.9. The fraction of sp³-hybridized carbons (Fsp3) is 0.308. The fourth-order valence-electron chi connectivity index (χ4n) is 1.81. The van der Waals surface area contributed by atoms with Gasteiger partial charge in [0.2, 0.25) is 0 Å². The number of carboxylic acids is 3. The highest BCUT2D eigenvalue weighted by Crippen LogP contribution is 2.24. The molecule has 1 aromatic carbocycles. The van der Waals surface area contributed by atoms with Crippen LogP contribution in [0.3, 0.4) is 0 Å². The average Bonchev–Trinajstić information content (AvgIpc) is 2.36. The SMILES string of the molecule is NC(Cc1cc(Cl)c(C(=O)O)cc1CCC(=O)O)C(=O)O. The van der Waals surface area contributed by atoms with E-state index in [9.17, 15) is 14.4 Å². The highest BCUT2D eigenvalue weighted by molar-refractivity contribution is 6.33. The second-order valence-electron chi connectivity index (χ2n) is 4.45. The lowest BCUT2D eigenvalue weighted by molar-refractivity contribution is -0.139. The summed E-state index contributed by atoms with van der Waals surface area (Å²) in [4.78, 5) is 32.5. The lowest BCUT2D eigenvalue weighted by Crippen LogP contribution is -2.32. The molecule has 5 N–H and O–H groups in total. The maximum absolute atomic E-state index is 11.0. The molecule has 0 amide bonds. The van der Waals surface area contributed by atoms with Gasteiger partial charge in [-0.15, -0.1) is 0 Å². The van der Waals surface area contributed by atoms with Crippen LogP contribution in [0.2, 0.25) is 5.02 Å². The minimum absolute atomic E-state index is 0.0471. The molecule has 0 bridgehead atoms. The third-order valence-electron chi connectivity index (χ3n) is 2.88. The van der Waals surface area contributed by atoms with Gasteiger partial charge < -0.3 is 21.1 Å². The predicted octanol–water partition coefficient (Wildman–Crippen LogP) is 1.01. The molecule has 7 nitrogen and oxygen atoms in total. The van der Waals surface area contributed by atoms with Crippen molar-refractivity contribution < 1.29 is 29.7 Å². The van der Waals surface area contributed by atoms with Crippen LogP contribution in [-0.2, 0) is 22.4 Å². The molecular weight excluding hydrogens is 302 g/mol. The molecule has 0 saturated heterocycles. The Morgan fingerprint density at radius 2 is 1.76 bits per heavy atom. The monoisotopic (exact) mass is 315 g/mol. The Bertz CT molecular complexity index is 586. The van der Waals surface area contributed by atoms with Gasteiger partial charge in [-0.25, -0.2) is 4.79 Å². The Balaban J connectivity index is 3.19. The average molecular weight is 316 g/mol. The zero-order valence-corrected chi connectivity index (χ0v) is 11.6. The molecule has 8 heteroatoms. The summed E-state index contributed by atoms with van der Waals surface area (Å²) in [7, 11) is 0. The van der Waals surface area contributed by atoms with E-state index in [-0.39, 0.29) is 29.8 Å². The van der Waals surface area contributed by atoms with E-state index in [1.165, 1.54) is 12.1 Å². The van der Waals surface area contributed by atoms with Gasteiger partial charge in [0, 0.05) is 6.42 Å². The van der Waals surface area contributed by atoms with Gasteiger partial charge in [-0.05, 0) is 36.1 Å². The number of rotatable bonds is 7. The summed E-state index contributed by atoms with van der Waals surface area (Å²) >= 11 is 5.84. The van der Waals surface area contributed by atoms with Gasteiger partial charge in [0.15, 0.2) is 0 Å². The van der Waals surface area contributed by atoms with Crippen molar-refractivity contribution in [2.45, 2.75) is 25.3 Å². The van der Waals surface area contributed by atoms with Gasteiger partial charge in [0.05, 0.1) is 10.6 Å². The summed E-state index contributed by atoms with van der Waals surface area (Å²) in [6.45, 7) is 0. The van der Waals surface area contributed by atoms with Crippen LogP contribution in [0.1, 0.15) is 27.9 Å². The number of hydrogen-bond acceptors (Lipinski definition) is 4. The van der Waals surface area contributed by atoms with Crippen LogP contribution in [0, 0.1) is 0 Å². The Hall–Kier alpha value is -2.12. The number of nitrogens with two attached hydrogens (primary N) is 1. The van der Waals surface area contributed by atoms with E-state index in [0.29, 0.717) is 11.1 Å². The molecule has 0 heterocycles. The van der Waals surface area contributed by atoms with Gasteiger partial charge in [0.25, 0.3) is 0 Å². The first-order chi connectivity index (χ1) is 9.72. The smallest absolute Gasteiger partial charge is 0.337 e. The third-order valence-corrected chi connectivity index (χ3v) is 3.20. The molecule has 0 aliphatic heterocycles. The second kappa shape index (κ2) is 7.05. The van der Waals surface area contributed by atoms with Crippen molar-refractivity contribution in [3.05, 3.63) is 33.8 Å². The van der Waals surface area contributed by atoms with Crippen LogP contribution in [0.25, 0.3) is 0 Å². The summed E-state index contributed by atoms with van der Waals surface area (Å²) in [6, 6.07) is 1.41. The molecule has 1 unspecified atom stereocenters. The number of aliphatic carboxylic acids is 2. The van der Waals surface area contributed by atoms with Crippen molar-refractivity contribution in [1.82, 2.24) is 0 Å². The number of hydrogen-bond donors (Lipinski definition) is 4. The first-order valence-corrected chi connectivity index (χ1v) is 6.35. The minimum Gasteiger partial charge on any atom is -0.481 e. The first-order valence-electron chi connectivity index (χ1n) is 5.97. The van der Waals surface area contributed by atoms with Gasteiger partial charge in [-0.2, -0.15) is 0 Å².